The Morgan fingerprint density at radius 2 is 2.00 bits per heavy atom. The van der Waals surface area contributed by atoms with E-state index in [0.717, 1.165) is 24.0 Å². The normalized spacial score (nSPS) is 17.0. The number of hydrogen-bond acceptors (Lipinski definition) is 9. The highest BCUT2D eigenvalue weighted by Crippen LogP contribution is 2.35. The van der Waals surface area contributed by atoms with E-state index in [9.17, 15) is 4.79 Å². The molecule has 4 heterocycles. The molecule has 0 amide bonds. The van der Waals surface area contributed by atoms with E-state index in [0.29, 0.717) is 58.2 Å². The Bertz CT molecular complexity index is 1430. The van der Waals surface area contributed by atoms with Crippen LogP contribution in [0.5, 0.6) is 11.5 Å². The molecule has 0 bridgehead atoms. The van der Waals surface area contributed by atoms with Crippen LogP contribution in [0, 0.1) is 6.92 Å². The van der Waals surface area contributed by atoms with E-state index in [1.807, 2.05) is 31.2 Å². The minimum atomic E-state index is -0.132. The molecule has 174 valence electrons. The smallest absolute Gasteiger partial charge is 0.262 e. The highest BCUT2D eigenvalue weighted by atomic mass is 32.2. The molecule has 0 unspecified atom stereocenters. The topological polar surface area (TPSA) is 102 Å². The fraction of sp³-hybridized carbons (Fsp3) is 0.333. The molecule has 34 heavy (non-hydrogen) atoms. The molecule has 2 aliphatic rings. The molecule has 0 aliphatic carbocycles. The van der Waals surface area contributed by atoms with Crippen molar-refractivity contribution in [2.45, 2.75) is 43.3 Å². The summed E-state index contributed by atoms with van der Waals surface area (Å²) in [7, 11) is 0. The van der Waals surface area contributed by atoms with Crippen molar-refractivity contribution in [3.05, 3.63) is 58.2 Å². The third-order valence-electron chi connectivity index (χ3n) is 6.00. The molecule has 1 atom stereocenters. The van der Waals surface area contributed by atoms with E-state index in [1.54, 1.807) is 16.7 Å². The molecule has 1 fully saturated rings. The number of nitrogens with zero attached hydrogens (tertiary/aromatic N) is 4. The van der Waals surface area contributed by atoms with Gasteiger partial charge in [0.05, 0.1) is 29.3 Å². The molecule has 0 saturated carbocycles. The molecule has 10 heteroatoms. The third-order valence-corrected chi connectivity index (χ3v) is 6.96. The number of benzene rings is 2. The molecule has 0 N–H and O–H groups in total. The number of aryl methyl sites for hydroxylation is 1. The summed E-state index contributed by atoms with van der Waals surface area (Å²) in [5, 5.41) is 5.20. The molecular formula is C24H22N4O5S. The lowest BCUT2D eigenvalue weighted by Gasteiger charge is -2.16. The highest BCUT2D eigenvalue weighted by molar-refractivity contribution is 7.98. The summed E-state index contributed by atoms with van der Waals surface area (Å²) in [5.41, 5.74) is 2.43. The molecule has 1 saturated heterocycles. The van der Waals surface area contributed by atoms with E-state index in [-0.39, 0.29) is 18.5 Å². The quantitative estimate of drug-likeness (QED) is 0.301. The molecule has 6 rings (SSSR count). The van der Waals surface area contributed by atoms with Gasteiger partial charge in [-0.1, -0.05) is 41.2 Å². The lowest BCUT2D eigenvalue weighted by molar-refractivity contribution is 0.0937. The minimum Gasteiger partial charge on any atom is -0.454 e. The van der Waals surface area contributed by atoms with Crippen molar-refractivity contribution in [2.24, 2.45) is 0 Å². The van der Waals surface area contributed by atoms with Crippen LogP contribution in [0.1, 0.15) is 24.3 Å². The Kier molecular flexibility index (Phi) is 5.46. The van der Waals surface area contributed by atoms with Crippen molar-refractivity contribution in [1.29, 1.82) is 0 Å². The monoisotopic (exact) mass is 478 g/mol. The van der Waals surface area contributed by atoms with Crippen LogP contribution >= 0.6 is 11.8 Å². The first kappa shape index (κ1) is 21.2. The number of ether oxygens (including phenoxy) is 3. The molecule has 9 nitrogen and oxygen atoms in total. The van der Waals surface area contributed by atoms with Gasteiger partial charge in [0.15, 0.2) is 16.7 Å². The third kappa shape index (κ3) is 3.92. The molecule has 2 aliphatic heterocycles. The van der Waals surface area contributed by atoms with E-state index in [1.165, 1.54) is 11.8 Å². The first-order valence-electron chi connectivity index (χ1n) is 11.1. The maximum Gasteiger partial charge on any atom is 0.262 e. The first-order valence-corrected chi connectivity index (χ1v) is 12.1. The van der Waals surface area contributed by atoms with Crippen LogP contribution in [0.4, 0.5) is 0 Å². The van der Waals surface area contributed by atoms with Crippen LogP contribution in [-0.2, 0) is 17.0 Å². The SMILES string of the molecule is Cc1ccccc1-c1noc(CSc2nc3cc4c(cc3c(=O)n2C[C@@H]2CCCO2)OCO4)n1. The minimum absolute atomic E-state index is 0.0126. The van der Waals surface area contributed by atoms with Gasteiger partial charge >= 0.3 is 0 Å². The lowest BCUT2D eigenvalue weighted by atomic mass is 10.1. The Labute approximate surface area is 199 Å². The van der Waals surface area contributed by atoms with Gasteiger partial charge in [0.1, 0.15) is 0 Å². The number of hydrogen-bond donors (Lipinski definition) is 0. The predicted molar refractivity (Wildman–Crippen MR) is 125 cm³/mol. The number of aromatic nitrogens is 4. The van der Waals surface area contributed by atoms with E-state index in [4.69, 9.17) is 23.7 Å². The van der Waals surface area contributed by atoms with Crippen LogP contribution in [0.25, 0.3) is 22.3 Å². The summed E-state index contributed by atoms with van der Waals surface area (Å²) >= 11 is 1.39. The molecule has 4 aromatic rings. The van der Waals surface area contributed by atoms with Gasteiger partial charge in [-0.2, -0.15) is 4.98 Å². The average Bonchev–Trinajstić information content (AvgIpc) is 3.61. The van der Waals surface area contributed by atoms with E-state index >= 15 is 0 Å². The fourth-order valence-corrected chi connectivity index (χ4v) is 5.07. The van der Waals surface area contributed by atoms with Gasteiger partial charge in [0.25, 0.3) is 5.56 Å². The molecule has 2 aromatic carbocycles. The zero-order chi connectivity index (χ0) is 23.1. The van der Waals surface area contributed by atoms with Gasteiger partial charge in [-0.15, -0.1) is 0 Å². The summed E-state index contributed by atoms with van der Waals surface area (Å²) in [6.07, 6.45) is 1.89. The molecule has 0 spiro atoms. The van der Waals surface area contributed by atoms with Gasteiger partial charge in [0, 0.05) is 18.2 Å². The second-order valence-electron chi connectivity index (χ2n) is 8.28. The molecule has 0 radical (unpaired) electrons. The fourth-order valence-electron chi connectivity index (χ4n) is 4.23. The lowest BCUT2D eigenvalue weighted by Crippen LogP contribution is -2.28. The van der Waals surface area contributed by atoms with E-state index in [2.05, 4.69) is 10.1 Å². The standard InChI is InChI=1S/C24H22N4O5S/c1-14-5-2-3-7-16(14)22-26-21(33-27-22)12-34-24-25-18-10-20-19(31-13-32-20)9-17(18)23(29)28(24)11-15-6-4-8-30-15/h2-3,5,7,9-10,15H,4,6,8,11-13H2,1H3/t15-/m0/s1. The Morgan fingerprint density at radius 3 is 2.82 bits per heavy atom. The van der Waals surface area contributed by atoms with Gasteiger partial charge in [-0.25, -0.2) is 4.98 Å². The van der Waals surface area contributed by atoms with Crippen molar-refractivity contribution in [2.75, 3.05) is 13.4 Å². The Morgan fingerprint density at radius 1 is 1.15 bits per heavy atom. The number of fused-ring (bicyclic) bond motifs is 2. The van der Waals surface area contributed by atoms with Crippen molar-refractivity contribution in [3.8, 4) is 22.9 Å². The molecular weight excluding hydrogens is 456 g/mol. The van der Waals surface area contributed by atoms with Crippen molar-refractivity contribution in [1.82, 2.24) is 19.7 Å². The van der Waals surface area contributed by atoms with Crippen molar-refractivity contribution < 1.29 is 18.7 Å². The van der Waals surface area contributed by atoms with Gasteiger partial charge in [-0.05, 0) is 31.4 Å². The zero-order valence-electron chi connectivity index (χ0n) is 18.5. The second kappa shape index (κ2) is 8.77. The van der Waals surface area contributed by atoms with E-state index < -0.39 is 0 Å². The van der Waals surface area contributed by atoms with Crippen LogP contribution in [0.15, 0.2) is 50.9 Å². The molecule has 2 aromatic heterocycles. The summed E-state index contributed by atoms with van der Waals surface area (Å²) in [6.45, 7) is 3.30. The summed E-state index contributed by atoms with van der Waals surface area (Å²) in [6, 6.07) is 11.4. The van der Waals surface area contributed by atoms with Crippen LogP contribution in [-0.4, -0.2) is 39.2 Å². The zero-order valence-corrected chi connectivity index (χ0v) is 19.3. The second-order valence-corrected chi connectivity index (χ2v) is 9.23. The average molecular weight is 479 g/mol. The van der Waals surface area contributed by atoms with Gasteiger partial charge < -0.3 is 18.7 Å². The van der Waals surface area contributed by atoms with Crippen LogP contribution < -0.4 is 15.0 Å². The predicted octanol–water partition coefficient (Wildman–Crippen LogP) is 3.95. The van der Waals surface area contributed by atoms with Crippen LogP contribution in [0.3, 0.4) is 0 Å². The Hall–Kier alpha value is -3.37. The first-order chi connectivity index (χ1) is 16.7. The summed E-state index contributed by atoms with van der Waals surface area (Å²) in [4.78, 5) is 22.8. The maximum absolute atomic E-state index is 13.5. The van der Waals surface area contributed by atoms with Crippen molar-refractivity contribution in [3.63, 3.8) is 0 Å². The number of rotatable bonds is 6. The highest BCUT2D eigenvalue weighted by Gasteiger charge is 2.23. The summed E-state index contributed by atoms with van der Waals surface area (Å²) in [5.74, 6) is 2.54. The van der Waals surface area contributed by atoms with Crippen molar-refractivity contribution >= 4 is 22.7 Å². The largest absolute Gasteiger partial charge is 0.454 e. The van der Waals surface area contributed by atoms with Gasteiger partial charge in [0.2, 0.25) is 18.5 Å². The number of thioether (sulfide) groups is 1. The van der Waals surface area contributed by atoms with Crippen LogP contribution in [0.2, 0.25) is 0 Å². The van der Waals surface area contributed by atoms with Gasteiger partial charge in [-0.3, -0.25) is 9.36 Å². The maximum atomic E-state index is 13.5. The Balaban J connectivity index is 1.33. The summed E-state index contributed by atoms with van der Waals surface area (Å²) < 4.78 is 23.9.